The molecule has 1 heterocycles. The quantitative estimate of drug-likeness (QED) is 0.737. The van der Waals surface area contributed by atoms with Crippen LogP contribution in [0.2, 0.25) is 0 Å². The lowest BCUT2D eigenvalue weighted by molar-refractivity contribution is -0.137. The third kappa shape index (κ3) is 3.09. The number of amides is 1. The molecule has 2 aromatic carbocycles. The van der Waals surface area contributed by atoms with Gasteiger partial charge in [-0.25, -0.2) is 0 Å². The summed E-state index contributed by atoms with van der Waals surface area (Å²) in [5.74, 6) is -0.0479. The molecule has 1 aliphatic heterocycles. The van der Waals surface area contributed by atoms with E-state index in [1.165, 1.54) is 19.1 Å². The minimum Gasteiger partial charge on any atom is -0.307 e. The summed E-state index contributed by atoms with van der Waals surface area (Å²) in [5.41, 5.74) is 2.80. The zero-order valence-corrected chi connectivity index (χ0v) is 12.5. The van der Waals surface area contributed by atoms with Gasteiger partial charge in [0.25, 0.3) is 0 Å². The number of carbonyl (C=O) groups excluding carboxylic acids is 1. The number of alkyl halides is 3. The molecular weight excluding hydrogens is 303 g/mol. The lowest BCUT2D eigenvalue weighted by atomic mass is 9.95. The van der Waals surface area contributed by atoms with Gasteiger partial charge in [0.2, 0.25) is 5.91 Å². The van der Waals surface area contributed by atoms with Gasteiger partial charge in [0, 0.05) is 12.6 Å². The average Bonchev–Trinajstić information content (AvgIpc) is 2.53. The molecule has 0 aromatic heterocycles. The summed E-state index contributed by atoms with van der Waals surface area (Å²) < 4.78 is 37.9. The van der Waals surface area contributed by atoms with Gasteiger partial charge in [-0.1, -0.05) is 18.2 Å². The Labute approximate surface area is 132 Å². The summed E-state index contributed by atoms with van der Waals surface area (Å²) in [4.78, 5) is 13.3. The first-order valence-electron chi connectivity index (χ1n) is 7.30. The van der Waals surface area contributed by atoms with E-state index in [-0.39, 0.29) is 5.91 Å². The zero-order chi connectivity index (χ0) is 16.6. The fourth-order valence-corrected chi connectivity index (χ4v) is 2.80. The van der Waals surface area contributed by atoms with Crippen LogP contribution in [0.4, 0.5) is 18.9 Å². The van der Waals surface area contributed by atoms with Crippen LogP contribution in [0, 0.1) is 6.54 Å². The number of carbonyl (C=O) groups is 1. The Morgan fingerprint density at radius 3 is 2.30 bits per heavy atom. The highest BCUT2D eigenvalue weighted by Gasteiger charge is 2.30. The normalized spacial score (nSPS) is 14.5. The van der Waals surface area contributed by atoms with E-state index < -0.39 is 11.7 Å². The predicted octanol–water partition coefficient (Wildman–Crippen LogP) is 4.83. The van der Waals surface area contributed by atoms with Crippen molar-refractivity contribution in [2.75, 3.05) is 4.90 Å². The van der Waals surface area contributed by atoms with Gasteiger partial charge in [-0.3, -0.25) is 4.79 Å². The van der Waals surface area contributed by atoms with Crippen LogP contribution in [-0.2, 0) is 17.4 Å². The van der Waals surface area contributed by atoms with Crippen LogP contribution in [0.15, 0.2) is 42.5 Å². The number of nitrogens with zero attached hydrogens (tertiary/aromatic N) is 1. The van der Waals surface area contributed by atoms with Crippen molar-refractivity contribution in [2.45, 2.75) is 25.9 Å². The van der Waals surface area contributed by atoms with Crippen molar-refractivity contribution in [3.63, 3.8) is 0 Å². The molecule has 3 rings (SSSR count). The summed E-state index contributed by atoms with van der Waals surface area (Å²) in [6.45, 7) is 3.37. The Bertz CT molecular complexity index is 735. The first-order valence-corrected chi connectivity index (χ1v) is 7.30. The number of halogens is 3. The molecule has 0 bridgehead atoms. The van der Waals surface area contributed by atoms with Crippen LogP contribution in [0.3, 0.4) is 0 Å². The Balaban J connectivity index is 1.94. The fraction of sp³-hybridized carbons (Fsp3) is 0.222. The molecule has 0 spiro atoms. The van der Waals surface area contributed by atoms with E-state index in [0.717, 1.165) is 47.4 Å². The second-order valence-corrected chi connectivity index (χ2v) is 5.53. The number of fused-ring (bicyclic) bond motifs is 1. The molecule has 1 amide bonds. The highest BCUT2D eigenvalue weighted by Crippen LogP contribution is 2.34. The van der Waals surface area contributed by atoms with Crippen LogP contribution in [0.5, 0.6) is 0 Å². The first kappa shape index (κ1) is 15.6. The lowest BCUT2D eigenvalue weighted by Gasteiger charge is -2.28. The van der Waals surface area contributed by atoms with Crippen molar-refractivity contribution in [3.8, 4) is 11.1 Å². The van der Waals surface area contributed by atoms with E-state index in [0.29, 0.717) is 0 Å². The molecular formula is C18H15F3NO. The Kier molecular flexibility index (Phi) is 3.88. The molecule has 0 saturated heterocycles. The van der Waals surface area contributed by atoms with E-state index in [1.807, 2.05) is 24.7 Å². The van der Waals surface area contributed by atoms with Gasteiger partial charge in [-0.2, -0.15) is 13.2 Å². The minimum absolute atomic E-state index is 0.0479. The molecule has 2 aromatic rings. The van der Waals surface area contributed by atoms with Crippen LogP contribution >= 0.6 is 0 Å². The Hall–Kier alpha value is -2.30. The molecule has 23 heavy (non-hydrogen) atoms. The molecule has 1 radical (unpaired) electrons. The second-order valence-electron chi connectivity index (χ2n) is 5.53. The first-order chi connectivity index (χ1) is 10.9. The Morgan fingerprint density at radius 2 is 1.70 bits per heavy atom. The molecule has 5 heteroatoms. The molecule has 0 unspecified atom stereocenters. The van der Waals surface area contributed by atoms with E-state index >= 15 is 0 Å². The maximum Gasteiger partial charge on any atom is 0.416 e. The van der Waals surface area contributed by atoms with E-state index in [1.54, 1.807) is 4.90 Å². The van der Waals surface area contributed by atoms with Crippen LogP contribution in [0.1, 0.15) is 24.5 Å². The van der Waals surface area contributed by atoms with Crippen LogP contribution < -0.4 is 4.90 Å². The summed E-state index contributed by atoms with van der Waals surface area (Å²) in [5, 5.41) is 0. The van der Waals surface area contributed by atoms with Gasteiger partial charge >= 0.3 is 6.18 Å². The predicted molar refractivity (Wildman–Crippen MR) is 82.7 cm³/mol. The monoisotopic (exact) mass is 318 g/mol. The van der Waals surface area contributed by atoms with Crippen molar-refractivity contribution in [1.29, 1.82) is 0 Å². The zero-order valence-electron chi connectivity index (χ0n) is 12.5. The fourth-order valence-electron chi connectivity index (χ4n) is 2.80. The van der Waals surface area contributed by atoms with Gasteiger partial charge in [0.15, 0.2) is 0 Å². The smallest absolute Gasteiger partial charge is 0.307 e. The van der Waals surface area contributed by atoms with Crippen LogP contribution in [-0.4, -0.2) is 5.91 Å². The third-order valence-electron chi connectivity index (χ3n) is 3.95. The van der Waals surface area contributed by atoms with Gasteiger partial charge < -0.3 is 4.90 Å². The number of hydrogen-bond acceptors (Lipinski definition) is 1. The second kappa shape index (κ2) is 5.72. The highest BCUT2D eigenvalue weighted by molar-refractivity contribution is 5.94. The highest BCUT2D eigenvalue weighted by atomic mass is 19.4. The largest absolute Gasteiger partial charge is 0.416 e. The molecule has 2 nitrogen and oxygen atoms in total. The summed E-state index contributed by atoms with van der Waals surface area (Å²) >= 11 is 0. The molecule has 0 N–H and O–H groups in total. The molecule has 119 valence electrons. The molecule has 0 fully saturated rings. The molecule has 0 atom stereocenters. The standard InChI is InChI=1S/C18H15F3NO/c1-12(23)22-10-2-3-15-11-14(6-9-17(15)22)13-4-7-16(8-5-13)18(19,20)21/h4-11H,2-3H2,1H3. The van der Waals surface area contributed by atoms with E-state index in [4.69, 9.17) is 0 Å². The van der Waals surface area contributed by atoms with Crippen molar-refractivity contribution < 1.29 is 18.0 Å². The number of benzene rings is 2. The number of aryl methyl sites for hydroxylation is 1. The van der Waals surface area contributed by atoms with Crippen molar-refractivity contribution in [1.82, 2.24) is 0 Å². The summed E-state index contributed by atoms with van der Waals surface area (Å²) in [7, 11) is 0. The van der Waals surface area contributed by atoms with E-state index in [2.05, 4.69) is 0 Å². The molecule has 0 saturated carbocycles. The van der Waals surface area contributed by atoms with Gasteiger partial charge in [0.05, 0.1) is 12.1 Å². The number of anilines is 1. The minimum atomic E-state index is -4.33. The third-order valence-corrected chi connectivity index (χ3v) is 3.95. The topological polar surface area (TPSA) is 20.3 Å². The summed E-state index contributed by atoms with van der Waals surface area (Å²) in [6, 6.07) is 10.7. The molecule has 0 aliphatic carbocycles. The van der Waals surface area contributed by atoms with Gasteiger partial charge in [-0.05, 0) is 53.8 Å². The maximum absolute atomic E-state index is 12.6. The van der Waals surface area contributed by atoms with Crippen LogP contribution in [0.25, 0.3) is 11.1 Å². The number of hydrogen-bond donors (Lipinski definition) is 0. The van der Waals surface area contributed by atoms with Gasteiger partial charge in [-0.15, -0.1) is 0 Å². The van der Waals surface area contributed by atoms with E-state index in [9.17, 15) is 18.0 Å². The van der Waals surface area contributed by atoms with Crippen molar-refractivity contribution >= 4 is 11.6 Å². The molecule has 1 aliphatic rings. The Morgan fingerprint density at radius 1 is 1.04 bits per heavy atom. The lowest BCUT2D eigenvalue weighted by Crippen LogP contribution is -2.29. The van der Waals surface area contributed by atoms with Gasteiger partial charge in [0.1, 0.15) is 0 Å². The summed E-state index contributed by atoms with van der Waals surface area (Å²) in [6.07, 6.45) is -2.75. The maximum atomic E-state index is 12.6. The average molecular weight is 318 g/mol. The van der Waals surface area contributed by atoms with Crippen molar-refractivity contribution in [2.24, 2.45) is 0 Å². The SMILES string of the molecule is CC(=O)N1[CH]CCc2cc(-c3ccc(C(F)(F)F)cc3)ccc21. The van der Waals surface area contributed by atoms with Crippen molar-refractivity contribution in [3.05, 3.63) is 60.1 Å². The number of rotatable bonds is 1.